The highest BCUT2D eigenvalue weighted by atomic mass is 32.1. The van der Waals surface area contributed by atoms with E-state index in [-0.39, 0.29) is 11.8 Å². The Morgan fingerprint density at radius 2 is 2.04 bits per heavy atom. The van der Waals surface area contributed by atoms with Crippen molar-refractivity contribution >= 4 is 23.2 Å². The van der Waals surface area contributed by atoms with Crippen LogP contribution in [0.4, 0.5) is 0 Å². The molecule has 0 spiro atoms. The molecule has 0 atom stereocenters. The standard InChI is InChI=1S/C17H22N4O2S/c1-19(2)16(23)17(21-9-4-8-18-21)6-10-20(11-7-17)15(22)13-14-5-3-12-24-14/h3-5,8-9,12H,6-7,10-11,13H2,1-2H3. The lowest BCUT2D eigenvalue weighted by molar-refractivity contribution is -0.145. The van der Waals surface area contributed by atoms with E-state index in [1.165, 1.54) is 0 Å². The van der Waals surface area contributed by atoms with Gasteiger partial charge in [0.2, 0.25) is 11.8 Å². The number of piperidine rings is 1. The molecule has 0 aromatic carbocycles. The second kappa shape index (κ2) is 6.76. The smallest absolute Gasteiger partial charge is 0.250 e. The molecule has 3 rings (SSSR count). The fourth-order valence-corrected chi connectivity index (χ4v) is 3.98. The van der Waals surface area contributed by atoms with Crippen LogP contribution in [0.5, 0.6) is 0 Å². The van der Waals surface area contributed by atoms with Crippen molar-refractivity contribution in [2.45, 2.75) is 24.8 Å². The summed E-state index contributed by atoms with van der Waals surface area (Å²) in [6, 6.07) is 5.77. The van der Waals surface area contributed by atoms with Crippen molar-refractivity contribution in [1.29, 1.82) is 0 Å². The van der Waals surface area contributed by atoms with Crippen molar-refractivity contribution in [2.75, 3.05) is 27.2 Å². The Morgan fingerprint density at radius 3 is 2.58 bits per heavy atom. The number of rotatable bonds is 4. The number of carbonyl (C=O) groups excluding carboxylic acids is 2. The van der Waals surface area contributed by atoms with E-state index in [1.54, 1.807) is 41.2 Å². The van der Waals surface area contributed by atoms with Crippen LogP contribution in [0.2, 0.25) is 0 Å². The van der Waals surface area contributed by atoms with Crippen LogP contribution >= 0.6 is 11.3 Å². The first kappa shape index (κ1) is 16.7. The molecule has 2 aromatic heterocycles. The Bertz CT molecular complexity index is 686. The number of nitrogens with zero attached hydrogens (tertiary/aromatic N) is 4. The number of aromatic nitrogens is 2. The van der Waals surface area contributed by atoms with E-state index < -0.39 is 5.54 Å². The zero-order valence-corrected chi connectivity index (χ0v) is 14.8. The molecule has 0 unspecified atom stereocenters. The molecule has 7 heteroatoms. The summed E-state index contributed by atoms with van der Waals surface area (Å²) < 4.78 is 1.76. The zero-order valence-electron chi connectivity index (χ0n) is 14.0. The van der Waals surface area contributed by atoms with Gasteiger partial charge in [0, 0.05) is 44.5 Å². The first-order valence-corrected chi connectivity index (χ1v) is 8.93. The Morgan fingerprint density at radius 1 is 1.29 bits per heavy atom. The summed E-state index contributed by atoms with van der Waals surface area (Å²) in [5.74, 6) is 0.167. The van der Waals surface area contributed by atoms with Gasteiger partial charge in [0.15, 0.2) is 0 Å². The summed E-state index contributed by atoms with van der Waals surface area (Å²) in [6.07, 6.45) is 5.14. The maximum absolute atomic E-state index is 12.8. The second-order valence-electron chi connectivity index (χ2n) is 6.32. The van der Waals surface area contributed by atoms with Gasteiger partial charge in [-0.05, 0) is 30.4 Å². The highest BCUT2D eigenvalue weighted by Gasteiger charge is 2.45. The average Bonchev–Trinajstić information content (AvgIpc) is 3.27. The third-order valence-electron chi connectivity index (χ3n) is 4.60. The molecule has 2 aromatic rings. The molecule has 6 nitrogen and oxygen atoms in total. The summed E-state index contributed by atoms with van der Waals surface area (Å²) in [4.78, 5) is 29.9. The number of likely N-dealkylation sites (tertiary alicyclic amines) is 1. The zero-order chi connectivity index (χ0) is 17.2. The van der Waals surface area contributed by atoms with E-state index in [1.807, 2.05) is 34.7 Å². The van der Waals surface area contributed by atoms with Crippen molar-refractivity contribution in [3.05, 3.63) is 40.8 Å². The van der Waals surface area contributed by atoms with E-state index in [2.05, 4.69) is 5.10 Å². The molecule has 1 saturated heterocycles. The Hall–Kier alpha value is -2.15. The monoisotopic (exact) mass is 346 g/mol. The van der Waals surface area contributed by atoms with Crippen LogP contribution in [0.15, 0.2) is 36.0 Å². The van der Waals surface area contributed by atoms with Crippen molar-refractivity contribution in [3.8, 4) is 0 Å². The van der Waals surface area contributed by atoms with E-state index in [4.69, 9.17) is 0 Å². The third kappa shape index (κ3) is 3.08. The van der Waals surface area contributed by atoms with E-state index >= 15 is 0 Å². The molecule has 1 fully saturated rings. The summed E-state index contributed by atoms with van der Waals surface area (Å²) in [6.45, 7) is 1.15. The first-order chi connectivity index (χ1) is 11.5. The molecule has 0 saturated carbocycles. The van der Waals surface area contributed by atoms with Crippen molar-refractivity contribution < 1.29 is 9.59 Å². The average molecular weight is 346 g/mol. The topological polar surface area (TPSA) is 58.4 Å². The minimum absolute atomic E-state index is 0.0385. The number of carbonyl (C=O) groups is 2. The number of hydrogen-bond donors (Lipinski definition) is 0. The quantitative estimate of drug-likeness (QED) is 0.845. The summed E-state index contributed by atoms with van der Waals surface area (Å²) in [5, 5.41) is 6.30. The molecule has 0 N–H and O–H groups in total. The highest BCUT2D eigenvalue weighted by Crippen LogP contribution is 2.31. The van der Waals surface area contributed by atoms with E-state index in [0.29, 0.717) is 32.4 Å². The van der Waals surface area contributed by atoms with Crippen molar-refractivity contribution in [1.82, 2.24) is 19.6 Å². The Labute approximate surface area is 145 Å². The van der Waals surface area contributed by atoms with Crippen molar-refractivity contribution in [3.63, 3.8) is 0 Å². The molecule has 1 aliphatic rings. The summed E-state index contributed by atoms with van der Waals surface area (Å²) in [5.41, 5.74) is -0.688. The predicted molar refractivity (Wildman–Crippen MR) is 92.7 cm³/mol. The normalized spacial score (nSPS) is 16.8. The molecule has 1 aliphatic heterocycles. The summed E-state index contributed by atoms with van der Waals surface area (Å²) in [7, 11) is 3.53. The molecule has 128 valence electrons. The van der Waals surface area contributed by atoms with Crippen LogP contribution in [0.3, 0.4) is 0 Å². The highest BCUT2D eigenvalue weighted by molar-refractivity contribution is 7.10. The van der Waals surface area contributed by atoms with Gasteiger partial charge >= 0.3 is 0 Å². The van der Waals surface area contributed by atoms with Gasteiger partial charge in [-0.2, -0.15) is 5.10 Å². The van der Waals surface area contributed by atoms with Gasteiger partial charge in [-0.25, -0.2) is 0 Å². The molecule has 2 amide bonds. The molecular formula is C17H22N4O2S. The minimum Gasteiger partial charge on any atom is -0.347 e. The van der Waals surface area contributed by atoms with Gasteiger partial charge in [-0.3, -0.25) is 14.3 Å². The van der Waals surface area contributed by atoms with E-state index in [0.717, 1.165) is 4.88 Å². The molecule has 3 heterocycles. The number of hydrogen-bond acceptors (Lipinski definition) is 4. The van der Waals surface area contributed by atoms with Crippen LogP contribution in [0.25, 0.3) is 0 Å². The maximum Gasteiger partial charge on any atom is 0.250 e. The third-order valence-corrected chi connectivity index (χ3v) is 5.47. The van der Waals surface area contributed by atoms with Gasteiger partial charge in [0.1, 0.15) is 5.54 Å². The SMILES string of the molecule is CN(C)C(=O)C1(n2cccn2)CCN(C(=O)Cc2cccs2)CC1. The second-order valence-corrected chi connectivity index (χ2v) is 7.35. The molecule has 0 bridgehead atoms. The van der Waals surface area contributed by atoms with E-state index in [9.17, 15) is 9.59 Å². The summed E-state index contributed by atoms with van der Waals surface area (Å²) >= 11 is 1.60. The van der Waals surface area contributed by atoms with Crippen LogP contribution in [0.1, 0.15) is 17.7 Å². The molecule has 24 heavy (non-hydrogen) atoms. The van der Waals surface area contributed by atoms with Crippen LogP contribution < -0.4 is 0 Å². The van der Waals surface area contributed by atoms with Gasteiger partial charge < -0.3 is 9.80 Å². The largest absolute Gasteiger partial charge is 0.347 e. The lowest BCUT2D eigenvalue weighted by Crippen LogP contribution is -2.56. The molecule has 0 aliphatic carbocycles. The van der Waals surface area contributed by atoms with Gasteiger partial charge in [-0.1, -0.05) is 6.07 Å². The van der Waals surface area contributed by atoms with Crippen LogP contribution in [-0.4, -0.2) is 58.6 Å². The minimum atomic E-state index is -0.688. The molecular weight excluding hydrogens is 324 g/mol. The predicted octanol–water partition coefficient (Wildman–Crippen LogP) is 1.59. The molecule has 0 radical (unpaired) electrons. The van der Waals surface area contributed by atoms with Crippen molar-refractivity contribution in [2.24, 2.45) is 0 Å². The number of likely N-dealkylation sites (N-methyl/N-ethyl adjacent to an activating group) is 1. The van der Waals surface area contributed by atoms with Crippen LogP contribution in [0, 0.1) is 0 Å². The fraction of sp³-hybridized carbons (Fsp3) is 0.471. The van der Waals surface area contributed by atoms with Crippen LogP contribution in [-0.2, 0) is 21.5 Å². The first-order valence-electron chi connectivity index (χ1n) is 8.05. The Balaban J connectivity index is 1.73. The lowest BCUT2D eigenvalue weighted by Gasteiger charge is -2.42. The lowest BCUT2D eigenvalue weighted by atomic mass is 9.86. The maximum atomic E-state index is 12.8. The fourth-order valence-electron chi connectivity index (χ4n) is 3.28. The number of amides is 2. The van der Waals surface area contributed by atoms with Gasteiger partial charge in [0.05, 0.1) is 6.42 Å². The van der Waals surface area contributed by atoms with Gasteiger partial charge in [-0.15, -0.1) is 11.3 Å². The Kier molecular flexibility index (Phi) is 4.71. The van der Waals surface area contributed by atoms with Gasteiger partial charge in [0.25, 0.3) is 0 Å². The number of thiophene rings is 1.